The summed E-state index contributed by atoms with van der Waals surface area (Å²) in [4.78, 5) is 14.7. The van der Waals surface area contributed by atoms with E-state index in [4.69, 9.17) is 32.2 Å². The van der Waals surface area contributed by atoms with Crippen LogP contribution in [0.4, 0.5) is 0 Å². The van der Waals surface area contributed by atoms with Gasteiger partial charge in [-0.3, -0.25) is 0 Å². The van der Waals surface area contributed by atoms with Gasteiger partial charge in [-0.15, -0.1) is 0 Å². The molecule has 5 atom stereocenters. The molecule has 0 radical (unpaired) electrons. The third-order valence-electron chi connectivity index (χ3n) is 2.79. The molecule has 1 rings (SSSR count). The number of hydrogen-bond acceptors (Lipinski definition) is 7. The fourth-order valence-corrected chi connectivity index (χ4v) is 1.77. The second-order valence-electron chi connectivity index (χ2n) is 4.28. The Labute approximate surface area is 114 Å². The molecular weight excluding hydrogens is 272 g/mol. The number of nitrogens with two attached hydrogens (primary N) is 3. The van der Waals surface area contributed by atoms with Gasteiger partial charge in [0.05, 0.1) is 18.7 Å². The monoisotopic (exact) mass is 290 g/mol. The molecule has 0 fully saturated rings. The van der Waals surface area contributed by atoms with Crippen molar-refractivity contribution in [3.63, 3.8) is 0 Å². The second-order valence-corrected chi connectivity index (χ2v) is 4.28. The Morgan fingerprint density at radius 1 is 1.45 bits per heavy atom. The summed E-state index contributed by atoms with van der Waals surface area (Å²) in [5.41, 5.74) is 16.2. The topological polar surface area (TPSA) is 198 Å². The van der Waals surface area contributed by atoms with Crippen LogP contribution in [0.3, 0.4) is 0 Å². The molecule has 0 saturated carbocycles. The molecule has 10 heteroatoms. The van der Waals surface area contributed by atoms with Crippen LogP contribution in [0.15, 0.2) is 16.8 Å². The van der Waals surface area contributed by atoms with Gasteiger partial charge in [0, 0.05) is 0 Å². The SMILES string of the molecule is NC(N)=NC1C=C(C(=O)O)O[C@@H](C(O)C(O)CO)C1N. The Kier molecular flexibility index (Phi) is 5.27. The number of carbonyl (C=O) groups is 1. The molecule has 10 N–H and O–H groups in total. The molecule has 0 spiro atoms. The number of carboxylic acids is 1. The average molecular weight is 290 g/mol. The lowest BCUT2D eigenvalue weighted by atomic mass is 9.93. The normalized spacial score (nSPS) is 28.8. The van der Waals surface area contributed by atoms with Crippen molar-refractivity contribution in [3.05, 3.63) is 11.8 Å². The molecule has 114 valence electrons. The summed E-state index contributed by atoms with van der Waals surface area (Å²) in [5.74, 6) is -2.22. The number of carboxylic acid groups (broad SMARTS) is 1. The number of aliphatic hydroxyl groups excluding tert-OH is 3. The predicted molar refractivity (Wildman–Crippen MR) is 67.3 cm³/mol. The maximum atomic E-state index is 11.0. The molecule has 10 nitrogen and oxygen atoms in total. The molecule has 0 aliphatic carbocycles. The van der Waals surface area contributed by atoms with Gasteiger partial charge in [-0.2, -0.15) is 0 Å². The van der Waals surface area contributed by atoms with E-state index in [1.54, 1.807) is 0 Å². The highest BCUT2D eigenvalue weighted by molar-refractivity contribution is 5.85. The summed E-state index contributed by atoms with van der Waals surface area (Å²) in [5, 5.41) is 37.0. The van der Waals surface area contributed by atoms with Crippen molar-refractivity contribution in [1.29, 1.82) is 0 Å². The van der Waals surface area contributed by atoms with E-state index in [2.05, 4.69) is 4.99 Å². The molecule has 1 aliphatic heterocycles. The second kappa shape index (κ2) is 6.52. The molecule has 0 aromatic heterocycles. The van der Waals surface area contributed by atoms with Gasteiger partial charge in [0.1, 0.15) is 18.3 Å². The van der Waals surface area contributed by atoms with Crippen LogP contribution in [0.5, 0.6) is 0 Å². The molecule has 0 aromatic rings. The Hall–Kier alpha value is -1.88. The first-order valence-electron chi connectivity index (χ1n) is 5.71. The number of guanidine groups is 1. The standard InChI is InChI=1S/C10H18N4O6/c11-6-3(14-10(12)13)1-5(9(18)19)20-8(6)7(17)4(16)2-15/h1,3-4,6-8,15-17H,2,11H2,(H,18,19)(H4,12,13,14)/t3?,4?,6?,7?,8-/m1/s1. The van der Waals surface area contributed by atoms with Gasteiger partial charge in [-0.1, -0.05) is 0 Å². The van der Waals surface area contributed by atoms with E-state index >= 15 is 0 Å². The van der Waals surface area contributed by atoms with Gasteiger partial charge >= 0.3 is 5.97 Å². The van der Waals surface area contributed by atoms with Crippen molar-refractivity contribution >= 4 is 11.9 Å². The number of hydrogen-bond donors (Lipinski definition) is 7. The zero-order valence-electron chi connectivity index (χ0n) is 10.5. The minimum Gasteiger partial charge on any atom is -0.479 e. The first-order valence-corrected chi connectivity index (χ1v) is 5.71. The van der Waals surface area contributed by atoms with E-state index in [0.717, 1.165) is 6.08 Å². The van der Waals surface area contributed by atoms with Crippen LogP contribution < -0.4 is 17.2 Å². The van der Waals surface area contributed by atoms with Gasteiger partial charge in [0.25, 0.3) is 0 Å². The van der Waals surface area contributed by atoms with E-state index < -0.39 is 48.7 Å². The average Bonchev–Trinajstić information content (AvgIpc) is 2.38. The van der Waals surface area contributed by atoms with Crippen molar-refractivity contribution in [2.45, 2.75) is 30.4 Å². The van der Waals surface area contributed by atoms with Crippen LogP contribution in [-0.2, 0) is 9.53 Å². The van der Waals surface area contributed by atoms with E-state index in [1.165, 1.54) is 0 Å². The van der Waals surface area contributed by atoms with E-state index in [0.29, 0.717) is 0 Å². The molecule has 0 aromatic carbocycles. The van der Waals surface area contributed by atoms with Gasteiger partial charge in [-0.25, -0.2) is 9.79 Å². The van der Waals surface area contributed by atoms with Crippen LogP contribution in [0.2, 0.25) is 0 Å². The lowest BCUT2D eigenvalue weighted by Gasteiger charge is -2.36. The van der Waals surface area contributed by atoms with Gasteiger partial charge < -0.3 is 42.4 Å². The van der Waals surface area contributed by atoms with Crippen LogP contribution in [0.1, 0.15) is 0 Å². The number of rotatable bonds is 5. The summed E-state index contributed by atoms with van der Waals surface area (Å²) >= 11 is 0. The highest BCUT2D eigenvalue weighted by atomic mass is 16.5. The quantitative estimate of drug-likeness (QED) is 0.195. The summed E-state index contributed by atoms with van der Waals surface area (Å²) in [7, 11) is 0. The Morgan fingerprint density at radius 3 is 2.50 bits per heavy atom. The lowest BCUT2D eigenvalue weighted by molar-refractivity contribution is -0.144. The smallest absolute Gasteiger partial charge is 0.370 e. The van der Waals surface area contributed by atoms with E-state index in [1.807, 2.05) is 0 Å². The van der Waals surface area contributed by atoms with Gasteiger partial charge in [0.2, 0.25) is 5.76 Å². The number of aliphatic imine (C=N–C) groups is 1. The van der Waals surface area contributed by atoms with Crippen molar-refractivity contribution < 1.29 is 30.0 Å². The van der Waals surface area contributed by atoms with Crippen molar-refractivity contribution in [1.82, 2.24) is 0 Å². The predicted octanol–water partition coefficient (Wildman–Crippen LogP) is -3.96. The minimum absolute atomic E-state index is 0.315. The molecule has 0 amide bonds. The van der Waals surface area contributed by atoms with Gasteiger partial charge in [0.15, 0.2) is 5.96 Å². The Balaban J connectivity index is 3.07. The molecule has 1 aliphatic rings. The van der Waals surface area contributed by atoms with Gasteiger partial charge in [-0.05, 0) is 6.08 Å². The summed E-state index contributed by atoms with van der Waals surface area (Å²) in [6.45, 7) is -0.743. The van der Waals surface area contributed by atoms with Crippen molar-refractivity contribution in [2.24, 2.45) is 22.2 Å². The molecule has 0 bridgehead atoms. The highest BCUT2D eigenvalue weighted by Gasteiger charge is 2.41. The molecule has 1 heterocycles. The molecular formula is C10H18N4O6. The zero-order chi connectivity index (χ0) is 15.4. The largest absolute Gasteiger partial charge is 0.479 e. The van der Waals surface area contributed by atoms with Crippen LogP contribution in [0, 0.1) is 0 Å². The van der Waals surface area contributed by atoms with Crippen LogP contribution in [0.25, 0.3) is 0 Å². The third-order valence-corrected chi connectivity index (χ3v) is 2.79. The van der Waals surface area contributed by atoms with E-state index in [9.17, 15) is 15.0 Å². The molecule has 4 unspecified atom stereocenters. The number of aliphatic carboxylic acids is 1. The zero-order valence-corrected chi connectivity index (χ0v) is 10.5. The van der Waals surface area contributed by atoms with Crippen molar-refractivity contribution in [3.8, 4) is 0 Å². The van der Waals surface area contributed by atoms with Crippen LogP contribution in [-0.4, -0.2) is 69.4 Å². The fourth-order valence-electron chi connectivity index (χ4n) is 1.77. The molecule has 20 heavy (non-hydrogen) atoms. The van der Waals surface area contributed by atoms with Crippen LogP contribution >= 0.6 is 0 Å². The first-order chi connectivity index (χ1) is 9.27. The summed E-state index contributed by atoms with van der Waals surface area (Å²) < 4.78 is 5.02. The lowest BCUT2D eigenvalue weighted by Crippen LogP contribution is -2.57. The number of aliphatic hydroxyl groups is 3. The Morgan fingerprint density at radius 2 is 2.05 bits per heavy atom. The fraction of sp³-hybridized carbons (Fsp3) is 0.600. The van der Waals surface area contributed by atoms with E-state index in [-0.39, 0.29) is 5.96 Å². The Bertz CT molecular complexity index is 422. The maximum absolute atomic E-state index is 11.0. The van der Waals surface area contributed by atoms with Crippen molar-refractivity contribution in [2.75, 3.05) is 6.61 Å². The summed E-state index contributed by atoms with van der Waals surface area (Å²) in [6, 6.07) is -1.94. The number of ether oxygens (including phenoxy) is 1. The third kappa shape index (κ3) is 3.57. The maximum Gasteiger partial charge on any atom is 0.370 e. The molecule has 0 saturated heterocycles. The number of nitrogens with zero attached hydrogens (tertiary/aromatic N) is 1. The highest BCUT2D eigenvalue weighted by Crippen LogP contribution is 2.23. The minimum atomic E-state index is -1.60. The summed E-state index contributed by atoms with van der Waals surface area (Å²) in [6.07, 6.45) is -3.34. The first kappa shape index (κ1) is 16.2.